The Labute approximate surface area is 128 Å². The van der Waals surface area contributed by atoms with Gasteiger partial charge in [0, 0.05) is 11.5 Å². The Hall–Kier alpha value is -0.570. The van der Waals surface area contributed by atoms with Gasteiger partial charge < -0.3 is 10.6 Å². The molecular formula is C18H30N2O. The molecule has 0 radical (unpaired) electrons. The predicted octanol–water partition coefficient (Wildman–Crippen LogP) is 2.71. The zero-order valence-corrected chi connectivity index (χ0v) is 13.8. The molecule has 1 saturated heterocycles. The van der Waals surface area contributed by atoms with Crippen molar-refractivity contribution in [3.63, 3.8) is 0 Å². The molecule has 0 aromatic carbocycles. The maximum atomic E-state index is 12.7. The van der Waals surface area contributed by atoms with E-state index in [1.54, 1.807) is 0 Å². The lowest BCUT2D eigenvalue weighted by atomic mass is 9.42. The average molecular weight is 290 g/mol. The molecule has 0 spiro atoms. The second-order valence-corrected chi connectivity index (χ2v) is 9.61. The molecule has 21 heavy (non-hydrogen) atoms. The predicted molar refractivity (Wildman–Crippen MR) is 83.8 cm³/mol. The van der Waals surface area contributed by atoms with Crippen molar-refractivity contribution >= 4 is 5.91 Å². The highest BCUT2D eigenvalue weighted by Crippen LogP contribution is 2.66. The molecule has 1 aliphatic heterocycles. The summed E-state index contributed by atoms with van der Waals surface area (Å²) < 4.78 is 0. The van der Waals surface area contributed by atoms with Crippen LogP contribution in [-0.4, -0.2) is 24.5 Å². The van der Waals surface area contributed by atoms with Crippen molar-refractivity contribution in [2.24, 2.45) is 28.6 Å². The van der Waals surface area contributed by atoms with Crippen LogP contribution >= 0.6 is 0 Å². The van der Waals surface area contributed by atoms with Crippen molar-refractivity contribution in [1.82, 2.24) is 10.6 Å². The number of amides is 1. The Morgan fingerprint density at radius 1 is 1.10 bits per heavy atom. The van der Waals surface area contributed by atoms with Crippen LogP contribution in [0.4, 0.5) is 0 Å². The Morgan fingerprint density at radius 2 is 1.71 bits per heavy atom. The molecule has 3 atom stereocenters. The van der Waals surface area contributed by atoms with Gasteiger partial charge in [0.1, 0.15) is 0 Å². The van der Waals surface area contributed by atoms with Gasteiger partial charge in [-0.15, -0.1) is 0 Å². The smallest absolute Gasteiger partial charge is 0.223 e. The lowest BCUT2D eigenvalue weighted by molar-refractivity contribution is -0.144. The van der Waals surface area contributed by atoms with Crippen LogP contribution in [0, 0.1) is 28.6 Å². The normalized spacial score (nSPS) is 49.8. The zero-order chi connectivity index (χ0) is 14.9. The fourth-order valence-corrected chi connectivity index (χ4v) is 6.84. The Bertz CT molecular complexity index is 452. The number of rotatable bonds is 3. The van der Waals surface area contributed by atoms with Crippen molar-refractivity contribution in [3.8, 4) is 0 Å². The van der Waals surface area contributed by atoms with Crippen LogP contribution in [0.5, 0.6) is 0 Å². The van der Waals surface area contributed by atoms with Gasteiger partial charge in [0.15, 0.2) is 0 Å². The van der Waals surface area contributed by atoms with Gasteiger partial charge in [-0.2, -0.15) is 0 Å². The first-order valence-electron chi connectivity index (χ1n) is 8.83. The Morgan fingerprint density at radius 3 is 2.19 bits per heavy atom. The minimum atomic E-state index is 0.117. The molecule has 3 heteroatoms. The fraction of sp³-hybridized carbons (Fsp3) is 0.944. The van der Waals surface area contributed by atoms with Crippen LogP contribution in [0.1, 0.15) is 59.3 Å². The molecule has 1 amide bonds. The van der Waals surface area contributed by atoms with E-state index in [9.17, 15) is 4.79 Å². The van der Waals surface area contributed by atoms with E-state index in [0.717, 1.165) is 19.0 Å². The largest absolute Gasteiger partial charge is 0.350 e. The highest BCUT2D eigenvalue weighted by atomic mass is 16.2. The van der Waals surface area contributed by atoms with E-state index in [1.807, 2.05) is 0 Å². The first kappa shape index (κ1) is 14.0. The van der Waals surface area contributed by atoms with Crippen LogP contribution in [-0.2, 0) is 4.79 Å². The molecule has 118 valence electrons. The van der Waals surface area contributed by atoms with E-state index in [1.165, 1.54) is 38.5 Å². The van der Waals surface area contributed by atoms with Crippen LogP contribution in [0.3, 0.4) is 0 Å². The van der Waals surface area contributed by atoms with Crippen molar-refractivity contribution in [2.45, 2.75) is 64.8 Å². The van der Waals surface area contributed by atoms with Gasteiger partial charge in [-0.25, -0.2) is 0 Å². The lowest BCUT2D eigenvalue weighted by Gasteiger charge is -2.65. The third kappa shape index (κ3) is 2.23. The molecule has 5 fully saturated rings. The summed E-state index contributed by atoms with van der Waals surface area (Å²) in [5.74, 6) is 1.87. The maximum Gasteiger partial charge on any atom is 0.223 e. The van der Waals surface area contributed by atoms with Gasteiger partial charge in [0.2, 0.25) is 5.91 Å². The summed E-state index contributed by atoms with van der Waals surface area (Å²) in [5, 5.41) is 6.85. The topological polar surface area (TPSA) is 41.1 Å². The molecule has 3 unspecified atom stereocenters. The minimum absolute atomic E-state index is 0.117. The van der Waals surface area contributed by atoms with E-state index in [2.05, 4.69) is 31.4 Å². The Kier molecular flexibility index (Phi) is 2.84. The van der Waals surface area contributed by atoms with Crippen LogP contribution in [0.25, 0.3) is 0 Å². The molecule has 5 rings (SSSR count). The molecule has 1 heterocycles. The van der Waals surface area contributed by atoms with Crippen molar-refractivity contribution in [2.75, 3.05) is 13.1 Å². The van der Waals surface area contributed by atoms with Gasteiger partial charge in [-0.1, -0.05) is 20.8 Å². The van der Waals surface area contributed by atoms with Crippen LogP contribution in [0.15, 0.2) is 0 Å². The number of nitrogens with one attached hydrogen (secondary N) is 2. The van der Waals surface area contributed by atoms with E-state index >= 15 is 0 Å². The standard InChI is InChI=1S/C18H30N2O/c1-12(14-7-19-8-14)15(21)20-18-6-13-4-16(2,10-18)9-17(3,5-13)11-18/h12-14,19H,4-11H2,1-3H3,(H,20,21). The summed E-state index contributed by atoms with van der Waals surface area (Å²) in [7, 11) is 0. The van der Waals surface area contributed by atoms with Gasteiger partial charge in [-0.05, 0) is 74.3 Å². The fourth-order valence-electron chi connectivity index (χ4n) is 6.84. The maximum absolute atomic E-state index is 12.7. The van der Waals surface area contributed by atoms with E-state index < -0.39 is 0 Å². The lowest BCUT2D eigenvalue weighted by Crippen LogP contribution is -2.66. The molecule has 3 nitrogen and oxygen atoms in total. The molecule has 0 aromatic heterocycles. The summed E-state index contributed by atoms with van der Waals surface area (Å²) in [5.41, 5.74) is 1.07. The Balaban J connectivity index is 1.52. The molecule has 4 saturated carbocycles. The summed E-state index contributed by atoms with van der Waals surface area (Å²) in [6.45, 7) is 9.08. The van der Waals surface area contributed by atoms with Crippen molar-refractivity contribution in [3.05, 3.63) is 0 Å². The summed E-state index contributed by atoms with van der Waals surface area (Å²) in [6, 6.07) is 0. The van der Waals surface area contributed by atoms with Crippen molar-refractivity contribution < 1.29 is 4.79 Å². The number of carbonyl (C=O) groups excluding carboxylic acids is 1. The molecule has 5 aliphatic rings. The summed E-state index contributed by atoms with van der Waals surface area (Å²) in [4.78, 5) is 12.7. The summed E-state index contributed by atoms with van der Waals surface area (Å²) >= 11 is 0. The van der Waals surface area contributed by atoms with Crippen LogP contribution < -0.4 is 10.6 Å². The van der Waals surface area contributed by atoms with Gasteiger partial charge >= 0.3 is 0 Å². The first-order valence-corrected chi connectivity index (χ1v) is 8.83. The minimum Gasteiger partial charge on any atom is -0.350 e. The monoisotopic (exact) mass is 290 g/mol. The van der Waals surface area contributed by atoms with Crippen molar-refractivity contribution in [1.29, 1.82) is 0 Å². The highest BCUT2D eigenvalue weighted by molar-refractivity contribution is 5.79. The first-order chi connectivity index (χ1) is 9.81. The quantitative estimate of drug-likeness (QED) is 0.839. The number of carbonyl (C=O) groups is 1. The molecule has 2 N–H and O–H groups in total. The molecule has 4 aliphatic carbocycles. The second-order valence-electron chi connectivity index (χ2n) is 9.61. The van der Waals surface area contributed by atoms with Gasteiger partial charge in [-0.3, -0.25) is 4.79 Å². The molecule has 0 aromatic rings. The second kappa shape index (κ2) is 4.24. The van der Waals surface area contributed by atoms with E-state index in [0.29, 0.717) is 22.7 Å². The summed E-state index contributed by atoms with van der Waals surface area (Å²) in [6.07, 6.45) is 7.82. The van der Waals surface area contributed by atoms with E-state index in [4.69, 9.17) is 0 Å². The van der Waals surface area contributed by atoms with E-state index in [-0.39, 0.29) is 11.5 Å². The molecule has 4 bridgehead atoms. The highest BCUT2D eigenvalue weighted by Gasteiger charge is 2.60. The average Bonchev–Trinajstić information content (AvgIpc) is 2.19. The number of hydrogen-bond acceptors (Lipinski definition) is 2. The van der Waals surface area contributed by atoms with Crippen LogP contribution in [0.2, 0.25) is 0 Å². The SMILES string of the molecule is CC(C(=O)NC12CC3CC(C)(CC(C)(C3)C1)C2)C1CNC1. The molecular weight excluding hydrogens is 260 g/mol. The number of hydrogen-bond donors (Lipinski definition) is 2. The third-order valence-corrected chi connectivity index (χ3v) is 6.95. The zero-order valence-electron chi connectivity index (χ0n) is 13.8. The third-order valence-electron chi connectivity index (χ3n) is 6.95. The van der Waals surface area contributed by atoms with Gasteiger partial charge in [0.25, 0.3) is 0 Å². The van der Waals surface area contributed by atoms with Gasteiger partial charge in [0.05, 0.1) is 0 Å².